The molecule has 2 aromatic rings. The van der Waals surface area contributed by atoms with Crippen LogP contribution in [-0.2, 0) is 16.0 Å². The molecular weight excluding hydrogens is 396 g/mol. The highest BCUT2D eigenvalue weighted by Crippen LogP contribution is 2.29. The van der Waals surface area contributed by atoms with E-state index in [-0.39, 0.29) is 30.0 Å². The number of carbonyl (C=O) groups is 4. The minimum atomic E-state index is -0.972. The normalized spacial score (nSPS) is 19.3. The van der Waals surface area contributed by atoms with Gasteiger partial charge in [-0.05, 0) is 42.2 Å². The summed E-state index contributed by atoms with van der Waals surface area (Å²) in [4.78, 5) is 50.2. The maximum atomic E-state index is 12.9. The fraction of sp³-hybridized carbons (Fsp3) is 0.304. The number of piperidine rings is 1. The molecule has 8 nitrogen and oxygen atoms in total. The minimum Gasteiger partial charge on any atom is -0.383 e. The molecule has 2 aromatic carbocycles. The molecule has 2 heterocycles. The Bertz CT molecular complexity index is 1080. The van der Waals surface area contributed by atoms with Crippen molar-refractivity contribution in [3.63, 3.8) is 0 Å². The molecule has 4 amide bonds. The van der Waals surface area contributed by atoms with Crippen LogP contribution in [0.3, 0.4) is 0 Å². The fourth-order valence-corrected chi connectivity index (χ4v) is 4.14. The van der Waals surface area contributed by atoms with Gasteiger partial charge in [0.2, 0.25) is 11.8 Å². The SMILES string of the molecule is CCc1ccccc1C(N)CNc1ccc2c(c1)C(=O)N(C1CCC(=O)NC1=O)C2=O. The molecule has 1 saturated heterocycles. The number of nitrogens with two attached hydrogens (primary N) is 1. The fourth-order valence-electron chi connectivity index (χ4n) is 4.14. The van der Waals surface area contributed by atoms with Crippen LogP contribution in [0.15, 0.2) is 42.5 Å². The average Bonchev–Trinajstić information content (AvgIpc) is 3.02. The van der Waals surface area contributed by atoms with Gasteiger partial charge in [0.25, 0.3) is 11.8 Å². The second kappa shape index (κ2) is 8.31. The summed E-state index contributed by atoms with van der Waals surface area (Å²) in [5.74, 6) is -2.07. The van der Waals surface area contributed by atoms with Gasteiger partial charge >= 0.3 is 0 Å². The number of fused-ring (bicyclic) bond motifs is 1. The largest absolute Gasteiger partial charge is 0.383 e. The number of nitrogens with zero attached hydrogens (tertiary/aromatic N) is 1. The van der Waals surface area contributed by atoms with Crippen molar-refractivity contribution >= 4 is 29.3 Å². The summed E-state index contributed by atoms with van der Waals surface area (Å²) in [6, 6.07) is 11.7. The lowest BCUT2D eigenvalue weighted by molar-refractivity contribution is -0.136. The van der Waals surface area contributed by atoms with Crippen LogP contribution < -0.4 is 16.4 Å². The molecule has 2 atom stereocenters. The number of nitrogens with one attached hydrogen (secondary N) is 2. The molecule has 4 rings (SSSR count). The summed E-state index contributed by atoms with van der Waals surface area (Å²) in [6.45, 7) is 2.53. The van der Waals surface area contributed by atoms with E-state index in [4.69, 9.17) is 5.73 Å². The second-order valence-electron chi connectivity index (χ2n) is 7.75. The molecule has 8 heteroatoms. The van der Waals surface area contributed by atoms with Gasteiger partial charge in [-0.2, -0.15) is 0 Å². The summed E-state index contributed by atoms with van der Waals surface area (Å²) >= 11 is 0. The summed E-state index contributed by atoms with van der Waals surface area (Å²) in [5, 5.41) is 5.43. The van der Waals surface area contributed by atoms with Gasteiger partial charge in [-0.15, -0.1) is 0 Å². The van der Waals surface area contributed by atoms with Gasteiger partial charge in [0, 0.05) is 24.7 Å². The zero-order valence-electron chi connectivity index (χ0n) is 17.2. The van der Waals surface area contributed by atoms with Crippen molar-refractivity contribution in [2.45, 2.75) is 38.3 Å². The van der Waals surface area contributed by atoms with Gasteiger partial charge in [-0.25, -0.2) is 0 Å². The number of rotatable bonds is 6. The standard InChI is InChI=1S/C23H24N4O4/c1-2-13-5-3-4-6-15(13)18(24)12-25-14-7-8-16-17(11-14)23(31)27(22(16)30)19-9-10-20(28)26-21(19)29/h3-8,11,18-19,25H,2,9-10,12,24H2,1H3,(H,26,28,29). The first-order chi connectivity index (χ1) is 14.9. The zero-order valence-corrected chi connectivity index (χ0v) is 17.2. The van der Waals surface area contributed by atoms with Crippen molar-refractivity contribution in [2.24, 2.45) is 5.73 Å². The van der Waals surface area contributed by atoms with Crippen LogP contribution in [0.5, 0.6) is 0 Å². The Morgan fingerprint density at radius 3 is 2.58 bits per heavy atom. The molecular formula is C23H24N4O4. The minimum absolute atomic E-state index is 0.0910. The Morgan fingerprint density at radius 2 is 1.84 bits per heavy atom. The number of carbonyl (C=O) groups excluding carboxylic acids is 4. The van der Waals surface area contributed by atoms with E-state index in [0.29, 0.717) is 12.2 Å². The van der Waals surface area contributed by atoms with Crippen molar-refractivity contribution in [3.05, 3.63) is 64.7 Å². The van der Waals surface area contributed by atoms with Gasteiger partial charge in [0.05, 0.1) is 11.1 Å². The van der Waals surface area contributed by atoms with Crippen LogP contribution in [0.2, 0.25) is 0 Å². The van der Waals surface area contributed by atoms with Crippen molar-refractivity contribution in [3.8, 4) is 0 Å². The molecule has 0 radical (unpaired) electrons. The molecule has 0 bridgehead atoms. The number of benzene rings is 2. The third kappa shape index (κ3) is 3.82. The van der Waals surface area contributed by atoms with Crippen LogP contribution in [0.4, 0.5) is 5.69 Å². The molecule has 4 N–H and O–H groups in total. The van der Waals surface area contributed by atoms with E-state index in [1.165, 1.54) is 5.56 Å². The second-order valence-corrected chi connectivity index (χ2v) is 7.75. The molecule has 2 aliphatic heterocycles. The van der Waals surface area contributed by atoms with E-state index in [0.717, 1.165) is 16.9 Å². The Hall–Kier alpha value is -3.52. The molecule has 0 saturated carbocycles. The predicted molar refractivity (Wildman–Crippen MR) is 114 cm³/mol. The molecule has 0 aromatic heterocycles. The van der Waals surface area contributed by atoms with Gasteiger partial charge in [0.15, 0.2) is 0 Å². The quantitative estimate of drug-likeness (QED) is 0.612. The van der Waals surface area contributed by atoms with E-state index in [1.54, 1.807) is 18.2 Å². The first-order valence-corrected chi connectivity index (χ1v) is 10.3. The molecule has 2 aliphatic rings. The van der Waals surface area contributed by atoms with Crippen LogP contribution >= 0.6 is 0 Å². The third-order valence-electron chi connectivity index (χ3n) is 5.80. The number of hydrogen-bond donors (Lipinski definition) is 3. The molecule has 2 unspecified atom stereocenters. The number of anilines is 1. The van der Waals surface area contributed by atoms with Crippen LogP contribution in [0.25, 0.3) is 0 Å². The number of aryl methyl sites for hydroxylation is 1. The van der Waals surface area contributed by atoms with Crippen molar-refractivity contribution in [1.29, 1.82) is 0 Å². The number of amides is 4. The van der Waals surface area contributed by atoms with E-state index >= 15 is 0 Å². The van der Waals surface area contributed by atoms with E-state index in [2.05, 4.69) is 23.6 Å². The van der Waals surface area contributed by atoms with Gasteiger partial charge in [-0.1, -0.05) is 31.2 Å². The van der Waals surface area contributed by atoms with Crippen LogP contribution in [0, 0.1) is 0 Å². The van der Waals surface area contributed by atoms with Crippen molar-refractivity contribution in [2.75, 3.05) is 11.9 Å². The number of hydrogen-bond acceptors (Lipinski definition) is 6. The predicted octanol–water partition coefficient (Wildman–Crippen LogP) is 1.76. The topological polar surface area (TPSA) is 122 Å². The highest BCUT2D eigenvalue weighted by atomic mass is 16.2. The average molecular weight is 420 g/mol. The molecule has 160 valence electrons. The highest BCUT2D eigenvalue weighted by molar-refractivity contribution is 6.23. The van der Waals surface area contributed by atoms with Gasteiger partial charge in [-0.3, -0.25) is 29.4 Å². The van der Waals surface area contributed by atoms with Gasteiger partial charge in [0.1, 0.15) is 6.04 Å². The summed E-state index contributed by atoms with van der Waals surface area (Å²) in [6.07, 6.45) is 1.11. The summed E-state index contributed by atoms with van der Waals surface area (Å²) in [5.41, 5.74) is 9.76. The van der Waals surface area contributed by atoms with E-state index in [9.17, 15) is 19.2 Å². The van der Waals surface area contributed by atoms with Gasteiger partial charge < -0.3 is 11.1 Å². The third-order valence-corrected chi connectivity index (χ3v) is 5.80. The molecule has 0 aliphatic carbocycles. The van der Waals surface area contributed by atoms with E-state index < -0.39 is 29.7 Å². The van der Waals surface area contributed by atoms with E-state index in [1.807, 2.05) is 18.2 Å². The highest BCUT2D eigenvalue weighted by Gasteiger charge is 2.44. The van der Waals surface area contributed by atoms with Crippen molar-refractivity contribution < 1.29 is 19.2 Å². The van der Waals surface area contributed by atoms with Crippen molar-refractivity contribution in [1.82, 2.24) is 10.2 Å². The smallest absolute Gasteiger partial charge is 0.262 e. The van der Waals surface area contributed by atoms with Crippen LogP contribution in [-0.4, -0.2) is 41.1 Å². The summed E-state index contributed by atoms with van der Waals surface area (Å²) < 4.78 is 0. The Morgan fingerprint density at radius 1 is 1.10 bits per heavy atom. The lowest BCUT2D eigenvalue weighted by Gasteiger charge is -2.27. The Labute approximate surface area is 179 Å². The lowest BCUT2D eigenvalue weighted by atomic mass is 9.99. The Balaban J connectivity index is 1.49. The van der Waals surface area contributed by atoms with Crippen LogP contribution in [0.1, 0.15) is 57.7 Å². The maximum absolute atomic E-state index is 12.9. The molecule has 1 fully saturated rings. The number of imide groups is 2. The first kappa shape index (κ1) is 20.7. The molecule has 31 heavy (non-hydrogen) atoms. The molecule has 0 spiro atoms. The summed E-state index contributed by atoms with van der Waals surface area (Å²) in [7, 11) is 0. The zero-order chi connectivity index (χ0) is 22.1. The maximum Gasteiger partial charge on any atom is 0.262 e. The monoisotopic (exact) mass is 420 g/mol. The Kier molecular flexibility index (Phi) is 5.56. The first-order valence-electron chi connectivity index (χ1n) is 10.3. The lowest BCUT2D eigenvalue weighted by Crippen LogP contribution is -2.54.